The van der Waals surface area contributed by atoms with Gasteiger partial charge in [0, 0.05) is 17.3 Å². The van der Waals surface area contributed by atoms with Gasteiger partial charge < -0.3 is 4.40 Å². The molecule has 3 aromatic heterocycles. The lowest BCUT2D eigenvalue weighted by atomic mass is 9.90. The molecule has 0 aliphatic heterocycles. The smallest absolute Gasteiger partial charge is 0.289 e. The van der Waals surface area contributed by atoms with Crippen molar-refractivity contribution in [2.24, 2.45) is 5.92 Å². The fraction of sp³-hybridized carbons (Fsp3) is 0.316. The number of hydrogen-bond acceptors (Lipinski definition) is 4. The number of nitrogens with zero attached hydrogens (tertiary/aromatic N) is 2. The molecule has 1 aliphatic carbocycles. The van der Waals surface area contributed by atoms with Crippen LogP contribution in [0.5, 0.6) is 0 Å². The molecule has 1 aliphatic rings. The number of amides is 2. The molecule has 3 aromatic rings. The first-order valence-corrected chi connectivity index (χ1v) is 9.49. The van der Waals surface area contributed by atoms with Crippen molar-refractivity contribution >= 4 is 28.8 Å². The number of rotatable bonds is 2. The van der Waals surface area contributed by atoms with Gasteiger partial charge in [-0.3, -0.25) is 20.4 Å². The normalized spacial score (nSPS) is 16.3. The first-order chi connectivity index (χ1) is 12.5. The van der Waals surface area contributed by atoms with Crippen molar-refractivity contribution in [3.63, 3.8) is 0 Å². The molecule has 0 fully saturated rings. The Balaban J connectivity index is 1.43. The predicted molar refractivity (Wildman–Crippen MR) is 100 cm³/mol. The van der Waals surface area contributed by atoms with Gasteiger partial charge in [-0.1, -0.05) is 6.92 Å². The lowest BCUT2D eigenvalue weighted by Crippen LogP contribution is -2.41. The number of carbonyl (C=O) groups is 2. The van der Waals surface area contributed by atoms with Crippen LogP contribution < -0.4 is 10.9 Å². The molecule has 0 saturated carbocycles. The SMILES string of the molecule is Cc1ccn2cc(C(=O)NNC(=O)c3cc4c(s3)CC[C@@H](C)C4)nc2c1. The Labute approximate surface area is 155 Å². The topological polar surface area (TPSA) is 75.5 Å². The predicted octanol–water partition coefficient (Wildman–Crippen LogP) is 2.90. The van der Waals surface area contributed by atoms with E-state index < -0.39 is 5.91 Å². The van der Waals surface area contributed by atoms with E-state index in [4.69, 9.17) is 0 Å². The third-order valence-corrected chi connectivity index (χ3v) is 5.93. The summed E-state index contributed by atoms with van der Waals surface area (Å²) < 4.78 is 1.78. The zero-order chi connectivity index (χ0) is 18.3. The third-order valence-electron chi connectivity index (χ3n) is 4.69. The molecule has 0 unspecified atom stereocenters. The number of fused-ring (bicyclic) bond motifs is 2. The van der Waals surface area contributed by atoms with Gasteiger partial charge in [-0.05, 0) is 61.4 Å². The zero-order valence-corrected chi connectivity index (χ0v) is 15.5. The molecule has 26 heavy (non-hydrogen) atoms. The van der Waals surface area contributed by atoms with Crippen molar-refractivity contribution in [3.05, 3.63) is 57.2 Å². The summed E-state index contributed by atoms with van der Waals surface area (Å²) in [5.74, 6) is -0.0638. The molecule has 6 nitrogen and oxygen atoms in total. The maximum Gasteiger partial charge on any atom is 0.289 e. The molecule has 1 atom stereocenters. The van der Waals surface area contributed by atoms with Gasteiger partial charge in [-0.25, -0.2) is 4.98 Å². The Kier molecular flexibility index (Phi) is 4.24. The monoisotopic (exact) mass is 368 g/mol. The van der Waals surface area contributed by atoms with Gasteiger partial charge in [0.1, 0.15) is 11.3 Å². The molecule has 2 amide bonds. The highest BCUT2D eigenvalue weighted by atomic mass is 32.1. The largest absolute Gasteiger partial charge is 0.306 e. The van der Waals surface area contributed by atoms with Gasteiger partial charge in [0.25, 0.3) is 11.8 Å². The van der Waals surface area contributed by atoms with E-state index in [2.05, 4.69) is 22.8 Å². The Morgan fingerprint density at radius 3 is 2.92 bits per heavy atom. The summed E-state index contributed by atoms with van der Waals surface area (Å²) in [4.78, 5) is 30.8. The van der Waals surface area contributed by atoms with Crippen LogP contribution in [0, 0.1) is 12.8 Å². The Morgan fingerprint density at radius 2 is 2.08 bits per heavy atom. The molecule has 0 radical (unpaired) electrons. The number of imidazole rings is 1. The molecular weight excluding hydrogens is 348 g/mol. The zero-order valence-electron chi connectivity index (χ0n) is 14.7. The Hall–Kier alpha value is -2.67. The van der Waals surface area contributed by atoms with Crippen molar-refractivity contribution in [2.45, 2.75) is 33.1 Å². The number of carbonyl (C=O) groups excluding carboxylic acids is 2. The van der Waals surface area contributed by atoms with E-state index in [9.17, 15) is 9.59 Å². The van der Waals surface area contributed by atoms with Gasteiger partial charge in [0.15, 0.2) is 0 Å². The number of aromatic nitrogens is 2. The summed E-state index contributed by atoms with van der Waals surface area (Å²) in [6, 6.07) is 5.79. The van der Waals surface area contributed by atoms with Crippen LogP contribution in [-0.4, -0.2) is 21.2 Å². The maximum atomic E-state index is 12.4. The number of hydrogen-bond donors (Lipinski definition) is 2. The summed E-state index contributed by atoms with van der Waals surface area (Å²) in [7, 11) is 0. The van der Waals surface area contributed by atoms with Crippen LogP contribution >= 0.6 is 11.3 Å². The molecule has 134 valence electrons. The van der Waals surface area contributed by atoms with Crippen LogP contribution in [0.25, 0.3) is 5.65 Å². The molecule has 0 saturated heterocycles. The van der Waals surface area contributed by atoms with E-state index in [0.29, 0.717) is 16.4 Å². The highest BCUT2D eigenvalue weighted by molar-refractivity contribution is 7.14. The van der Waals surface area contributed by atoms with Crippen LogP contribution in [0.3, 0.4) is 0 Å². The van der Waals surface area contributed by atoms with Crippen LogP contribution in [0.2, 0.25) is 0 Å². The summed E-state index contributed by atoms with van der Waals surface area (Å²) in [5.41, 5.74) is 8.24. The minimum atomic E-state index is -0.436. The fourth-order valence-electron chi connectivity index (χ4n) is 3.25. The van der Waals surface area contributed by atoms with E-state index in [1.54, 1.807) is 10.6 Å². The van der Waals surface area contributed by atoms with Crippen LogP contribution in [-0.2, 0) is 12.8 Å². The number of hydrazine groups is 1. The molecule has 0 bridgehead atoms. The van der Waals surface area contributed by atoms with Crippen LogP contribution in [0.4, 0.5) is 0 Å². The highest BCUT2D eigenvalue weighted by Crippen LogP contribution is 2.32. The second kappa shape index (κ2) is 6.57. The number of pyridine rings is 1. The average molecular weight is 368 g/mol. The van der Waals surface area contributed by atoms with Crippen LogP contribution in [0.1, 0.15) is 49.5 Å². The van der Waals surface area contributed by atoms with Crippen molar-refractivity contribution in [1.82, 2.24) is 20.2 Å². The van der Waals surface area contributed by atoms with Gasteiger partial charge in [-0.15, -0.1) is 11.3 Å². The molecule has 4 rings (SSSR count). The molecule has 2 N–H and O–H groups in total. The van der Waals surface area contributed by atoms with E-state index in [1.807, 2.05) is 31.3 Å². The highest BCUT2D eigenvalue weighted by Gasteiger charge is 2.21. The van der Waals surface area contributed by atoms with Gasteiger partial charge in [0.2, 0.25) is 0 Å². The minimum Gasteiger partial charge on any atom is -0.306 e. The number of aryl methyl sites for hydroxylation is 2. The second-order valence-electron chi connectivity index (χ2n) is 6.91. The fourth-order valence-corrected chi connectivity index (χ4v) is 4.35. The Bertz CT molecular complexity index is 1000. The van der Waals surface area contributed by atoms with Crippen LogP contribution in [0.15, 0.2) is 30.6 Å². The second-order valence-corrected chi connectivity index (χ2v) is 8.05. The first kappa shape index (κ1) is 16.8. The third kappa shape index (κ3) is 3.22. The lowest BCUT2D eigenvalue weighted by molar-refractivity contribution is 0.0846. The number of nitrogens with one attached hydrogen (secondary N) is 2. The van der Waals surface area contributed by atoms with Crippen molar-refractivity contribution < 1.29 is 9.59 Å². The summed E-state index contributed by atoms with van der Waals surface area (Å²) >= 11 is 1.52. The van der Waals surface area contributed by atoms with Gasteiger partial charge >= 0.3 is 0 Å². The number of thiophene rings is 1. The quantitative estimate of drug-likeness (QED) is 0.683. The van der Waals surface area contributed by atoms with E-state index in [-0.39, 0.29) is 11.6 Å². The lowest BCUT2D eigenvalue weighted by Gasteiger charge is -2.16. The Morgan fingerprint density at radius 1 is 1.27 bits per heavy atom. The molecule has 3 heterocycles. The minimum absolute atomic E-state index is 0.259. The van der Waals surface area contributed by atoms with Crippen molar-refractivity contribution in [2.75, 3.05) is 0 Å². The maximum absolute atomic E-state index is 12.4. The standard InChI is InChI=1S/C19H20N4O2S/c1-11-3-4-15-13(7-11)9-16(26-15)19(25)22-21-18(24)14-10-23-6-5-12(2)8-17(23)20-14/h5-6,8-11H,3-4,7H2,1-2H3,(H,21,24)(H,22,25)/t11-/m1/s1. The first-order valence-electron chi connectivity index (χ1n) is 8.67. The summed E-state index contributed by atoms with van der Waals surface area (Å²) in [6.07, 6.45) is 6.71. The molecule has 0 spiro atoms. The van der Waals surface area contributed by atoms with Crippen molar-refractivity contribution in [1.29, 1.82) is 0 Å². The van der Waals surface area contributed by atoms with Gasteiger partial charge in [-0.2, -0.15) is 0 Å². The van der Waals surface area contributed by atoms with E-state index in [0.717, 1.165) is 18.4 Å². The van der Waals surface area contributed by atoms with Crippen molar-refractivity contribution in [3.8, 4) is 0 Å². The summed E-state index contributed by atoms with van der Waals surface area (Å²) in [6.45, 7) is 4.20. The average Bonchev–Trinajstić information content (AvgIpc) is 3.22. The molecule has 0 aromatic carbocycles. The van der Waals surface area contributed by atoms with E-state index >= 15 is 0 Å². The van der Waals surface area contributed by atoms with Gasteiger partial charge in [0.05, 0.1) is 4.88 Å². The summed E-state index contributed by atoms with van der Waals surface area (Å²) in [5, 5.41) is 0. The molecular formula is C19H20N4O2S. The van der Waals surface area contributed by atoms with E-state index in [1.165, 1.54) is 28.2 Å². The molecule has 7 heteroatoms.